The molecule has 2 aromatic rings. The fourth-order valence-electron chi connectivity index (χ4n) is 4.16. The second-order valence-corrected chi connectivity index (χ2v) is 10.3. The number of ether oxygens (including phenoxy) is 1. The summed E-state index contributed by atoms with van der Waals surface area (Å²) in [6.07, 6.45) is 1.86. The number of rotatable bonds is 4. The number of nitro groups is 1. The van der Waals surface area contributed by atoms with Crippen LogP contribution < -0.4 is 4.90 Å². The lowest BCUT2D eigenvalue weighted by molar-refractivity contribution is -0.383. The maximum atomic E-state index is 12.0. The van der Waals surface area contributed by atoms with E-state index in [2.05, 4.69) is 12.1 Å². The molecule has 2 saturated heterocycles. The molecule has 4 rings (SSSR count). The lowest BCUT2D eigenvalue weighted by Crippen LogP contribution is -2.38. The summed E-state index contributed by atoms with van der Waals surface area (Å²) >= 11 is 1.00. The van der Waals surface area contributed by atoms with E-state index in [4.69, 9.17) is 4.74 Å². The largest absolute Gasteiger partial charge is 0.381 e. The SMILES string of the molecule is CS(=O)(=O)c1cc([N+](=O)[O-])c(N2C[C@H](c3ccccc3)[C@@H]3COCC[C@H]32)s1. The summed E-state index contributed by atoms with van der Waals surface area (Å²) in [5.41, 5.74) is 1.06. The van der Waals surface area contributed by atoms with Crippen LogP contribution in [0, 0.1) is 16.0 Å². The molecule has 9 heteroatoms. The average Bonchev–Trinajstić information content (AvgIpc) is 3.24. The number of nitrogens with zero attached hydrogens (tertiary/aromatic N) is 2. The maximum Gasteiger partial charge on any atom is 0.305 e. The Labute approximate surface area is 161 Å². The Bertz CT molecular complexity index is 957. The van der Waals surface area contributed by atoms with Crippen molar-refractivity contribution >= 4 is 31.9 Å². The van der Waals surface area contributed by atoms with Gasteiger partial charge in [0, 0.05) is 43.4 Å². The molecule has 0 unspecified atom stereocenters. The summed E-state index contributed by atoms with van der Waals surface area (Å²) in [7, 11) is -3.50. The van der Waals surface area contributed by atoms with Gasteiger partial charge in [0.1, 0.15) is 4.21 Å². The summed E-state index contributed by atoms with van der Waals surface area (Å²) in [4.78, 5) is 13.2. The maximum absolute atomic E-state index is 12.0. The van der Waals surface area contributed by atoms with Crippen molar-refractivity contribution in [1.29, 1.82) is 0 Å². The van der Waals surface area contributed by atoms with Crippen LogP contribution in [0.25, 0.3) is 0 Å². The molecule has 0 amide bonds. The molecule has 0 bridgehead atoms. The summed E-state index contributed by atoms with van der Waals surface area (Å²) in [5.74, 6) is 0.421. The van der Waals surface area contributed by atoms with Crippen molar-refractivity contribution in [3.63, 3.8) is 0 Å². The first-order valence-electron chi connectivity index (χ1n) is 8.74. The number of benzene rings is 1. The van der Waals surface area contributed by atoms with Crippen LogP contribution in [0.1, 0.15) is 17.9 Å². The molecular weight excluding hydrogens is 388 g/mol. The molecule has 1 aromatic carbocycles. The van der Waals surface area contributed by atoms with E-state index in [1.807, 2.05) is 23.1 Å². The van der Waals surface area contributed by atoms with Crippen molar-refractivity contribution in [2.45, 2.75) is 22.6 Å². The topological polar surface area (TPSA) is 89.8 Å². The predicted octanol–water partition coefficient (Wildman–Crippen LogP) is 3.07. The highest BCUT2D eigenvalue weighted by Crippen LogP contribution is 2.48. The van der Waals surface area contributed by atoms with E-state index in [1.165, 1.54) is 11.6 Å². The molecule has 0 spiro atoms. The molecule has 0 aliphatic carbocycles. The molecular formula is C18H20N2O5S2. The van der Waals surface area contributed by atoms with Gasteiger partial charge in [-0.2, -0.15) is 0 Å². The van der Waals surface area contributed by atoms with Gasteiger partial charge in [-0.15, -0.1) is 0 Å². The van der Waals surface area contributed by atoms with Crippen LogP contribution in [-0.2, 0) is 14.6 Å². The predicted molar refractivity (Wildman–Crippen MR) is 103 cm³/mol. The zero-order chi connectivity index (χ0) is 19.2. The van der Waals surface area contributed by atoms with Gasteiger partial charge < -0.3 is 9.64 Å². The van der Waals surface area contributed by atoms with Gasteiger partial charge in [0.05, 0.1) is 11.5 Å². The lowest BCUT2D eigenvalue weighted by Gasteiger charge is -2.32. The van der Waals surface area contributed by atoms with Crippen LogP contribution in [-0.4, -0.2) is 45.4 Å². The number of anilines is 1. The number of thiophene rings is 1. The molecule has 1 aromatic heterocycles. The van der Waals surface area contributed by atoms with Crippen molar-refractivity contribution in [3.8, 4) is 0 Å². The van der Waals surface area contributed by atoms with Crippen molar-refractivity contribution in [2.24, 2.45) is 5.92 Å². The van der Waals surface area contributed by atoms with Crippen LogP contribution in [0.3, 0.4) is 0 Å². The van der Waals surface area contributed by atoms with Gasteiger partial charge in [0.2, 0.25) is 0 Å². The average molecular weight is 409 g/mol. The summed E-state index contributed by atoms with van der Waals surface area (Å²) in [5, 5.41) is 12.0. The fourth-order valence-corrected chi connectivity index (χ4v) is 6.25. The second-order valence-electron chi connectivity index (χ2n) is 7.05. The minimum absolute atomic E-state index is 0.0379. The van der Waals surface area contributed by atoms with Gasteiger partial charge in [0.15, 0.2) is 14.8 Å². The van der Waals surface area contributed by atoms with Crippen LogP contribution in [0.2, 0.25) is 0 Å². The Morgan fingerprint density at radius 2 is 2.04 bits per heavy atom. The Kier molecular flexibility index (Phi) is 4.69. The molecule has 7 nitrogen and oxygen atoms in total. The van der Waals surface area contributed by atoms with E-state index in [9.17, 15) is 18.5 Å². The van der Waals surface area contributed by atoms with E-state index in [0.29, 0.717) is 24.8 Å². The minimum Gasteiger partial charge on any atom is -0.381 e. The molecule has 2 aliphatic heterocycles. The first-order valence-corrected chi connectivity index (χ1v) is 11.4. The van der Waals surface area contributed by atoms with Crippen LogP contribution in [0.4, 0.5) is 10.7 Å². The molecule has 0 N–H and O–H groups in total. The standard InChI is InChI=1S/C18H20N2O5S2/c1-27(23,24)17-9-16(20(21)22)18(26-17)19-10-13(12-5-3-2-4-6-12)14-11-25-8-7-15(14)19/h2-6,9,13-15H,7-8,10-11H2,1H3/t13-,14+,15-/m1/s1. The molecule has 0 saturated carbocycles. The van der Waals surface area contributed by atoms with E-state index >= 15 is 0 Å². The van der Waals surface area contributed by atoms with Crippen molar-refractivity contribution in [2.75, 3.05) is 30.9 Å². The fraction of sp³-hybridized carbons (Fsp3) is 0.444. The van der Waals surface area contributed by atoms with Crippen LogP contribution >= 0.6 is 11.3 Å². The Morgan fingerprint density at radius 1 is 1.30 bits per heavy atom. The van der Waals surface area contributed by atoms with Gasteiger partial charge >= 0.3 is 5.69 Å². The van der Waals surface area contributed by atoms with Crippen LogP contribution in [0.5, 0.6) is 0 Å². The van der Waals surface area contributed by atoms with Gasteiger partial charge in [-0.25, -0.2) is 8.42 Å². The van der Waals surface area contributed by atoms with Crippen LogP contribution in [0.15, 0.2) is 40.6 Å². The highest BCUT2D eigenvalue weighted by molar-refractivity contribution is 7.92. The van der Waals surface area contributed by atoms with Crippen molar-refractivity contribution < 1.29 is 18.1 Å². The highest BCUT2D eigenvalue weighted by Gasteiger charge is 2.46. The number of fused-ring (bicyclic) bond motifs is 1. The number of hydrogen-bond donors (Lipinski definition) is 0. The first-order chi connectivity index (χ1) is 12.9. The van der Waals surface area contributed by atoms with E-state index in [1.54, 1.807) is 0 Å². The highest BCUT2D eigenvalue weighted by atomic mass is 32.2. The smallest absolute Gasteiger partial charge is 0.305 e. The molecule has 2 aliphatic rings. The summed E-state index contributed by atoms with van der Waals surface area (Å²) in [6, 6.07) is 11.4. The van der Waals surface area contributed by atoms with E-state index < -0.39 is 14.8 Å². The van der Waals surface area contributed by atoms with Gasteiger partial charge in [-0.05, 0) is 12.0 Å². The lowest BCUT2D eigenvalue weighted by atomic mass is 9.84. The molecule has 2 fully saturated rings. The minimum atomic E-state index is -3.50. The third-order valence-electron chi connectivity index (χ3n) is 5.39. The monoisotopic (exact) mass is 408 g/mol. The normalized spacial score (nSPS) is 25.4. The molecule has 27 heavy (non-hydrogen) atoms. The first kappa shape index (κ1) is 18.4. The van der Waals surface area contributed by atoms with Gasteiger partial charge in [-0.3, -0.25) is 10.1 Å². The summed E-state index contributed by atoms with van der Waals surface area (Å²) < 4.78 is 29.6. The van der Waals surface area contributed by atoms with E-state index in [-0.39, 0.29) is 27.8 Å². The van der Waals surface area contributed by atoms with Gasteiger partial charge in [0.25, 0.3) is 0 Å². The van der Waals surface area contributed by atoms with Crippen molar-refractivity contribution in [3.05, 3.63) is 52.1 Å². The second kappa shape index (κ2) is 6.88. The quantitative estimate of drug-likeness (QED) is 0.570. The molecule has 144 valence electrons. The Morgan fingerprint density at radius 3 is 2.70 bits per heavy atom. The zero-order valence-electron chi connectivity index (χ0n) is 14.8. The Hall–Kier alpha value is -1.97. The number of hydrogen-bond acceptors (Lipinski definition) is 7. The molecule has 3 heterocycles. The van der Waals surface area contributed by atoms with E-state index in [0.717, 1.165) is 24.0 Å². The van der Waals surface area contributed by atoms with Crippen molar-refractivity contribution in [1.82, 2.24) is 0 Å². The third-order valence-corrected chi connectivity index (χ3v) is 8.36. The third kappa shape index (κ3) is 3.35. The molecule has 3 atom stereocenters. The number of sulfone groups is 1. The Balaban J connectivity index is 1.77. The zero-order valence-corrected chi connectivity index (χ0v) is 16.4. The summed E-state index contributed by atoms with van der Waals surface area (Å²) in [6.45, 7) is 1.84. The van der Waals surface area contributed by atoms with Gasteiger partial charge in [-0.1, -0.05) is 41.7 Å². The molecule has 0 radical (unpaired) electrons.